The van der Waals surface area contributed by atoms with Gasteiger partial charge in [-0.1, -0.05) is 19.8 Å². The first-order valence-corrected chi connectivity index (χ1v) is 9.21. The zero-order valence-electron chi connectivity index (χ0n) is 17.3. The van der Waals surface area contributed by atoms with Crippen molar-refractivity contribution in [1.29, 1.82) is 0 Å². The van der Waals surface area contributed by atoms with E-state index in [1.807, 2.05) is 26.0 Å². The topological polar surface area (TPSA) is 118 Å². The minimum atomic E-state index is 0.0821. The maximum atomic E-state index is 5.97. The monoisotopic (exact) mass is 405 g/mol. The maximum Gasteiger partial charge on any atom is 0.222 e. The van der Waals surface area contributed by atoms with E-state index < -0.39 is 0 Å². The highest BCUT2D eigenvalue weighted by Crippen LogP contribution is 2.32. The minimum Gasteiger partial charge on any atom is -0.497 e. The Morgan fingerprint density at radius 1 is 0.900 bits per heavy atom. The van der Waals surface area contributed by atoms with Crippen LogP contribution in [0.25, 0.3) is 0 Å². The molecule has 0 saturated carbocycles. The summed E-state index contributed by atoms with van der Waals surface area (Å²) < 4.78 is 16.6. The molecule has 0 unspecified atom stereocenters. The summed E-state index contributed by atoms with van der Waals surface area (Å²) in [5, 5.41) is 0. The van der Waals surface area contributed by atoms with Gasteiger partial charge in [-0.15, -0.1) is 0 Å². The third kappa shape index (κ3) is 4.70. The lowest BCUT2D eigenvalue weighted by atomic mass is 10.0. The third-order valence-electron chi connectivity index (χ3n) is 4.27. The van der Waals surface area contributed by atoms with Gasteiger partial charge in [-0.25, -0.2) is 9.97 Å². The van der Waals surface area contributed by atoms with Crippen molar-refractivity contribution in [3.05, 3.63) is 53.5 Å². The predicted molar refractivity (Wildman–Crippen MR) is 115 cm³/mol. The van der Waals surface area contributed by atoms with Gasteiger partial charge in [-0.2, -0.15) is 4.98 Å². The van der Waals surface area contributed by atoms with Gasteiger partial charge in [0.1, 0.15) is 22.9 Å². The van der Waals surface area contributed by atoms with Gasteiger partial charge in [0.25, 0.3) is 0 Å². The molecule has 0 amide bonds. The first-order valence-electron chi connectivity index (χ1n) is 9.21. The molecule has 0 atom stereocenters. The van der Waals surface area contributed by atoms with Crippen LogP contribution in [0, 0.1) is 11.8 Å². The Morgan fingerprint density at radius 3 is 2.37 bits per heavy atom. The smallest absolute Gasteiger partial charge is 0.222 e. The summed E-state index contributed by atoms with van der Waals surface area (Å²) >= 11 is 0. The fraction of sp³-hybridized carbons (Fsp3) is 0.227. The Balaban J connectivity index is 1.97. The normalized spacial score (nSPS) is 10.3. The summed E-state index contributed by atoms with van der Waals surface area (Å²) in [5.41, 5.74) is 13.6. The van der Waals surface area contributed by atoms with Crippen molar-refractivity contribution in [2.45, 2.75) is 19.8 Å². The number of benzene rings is 1. The second-order valence-electron chi connectivity index (χ2n) is 6.66. The summed E-state index contributed by atoms with van der Waals surface area (Å²) in [6, 6.07) is 7.18. The zero-order chi connectivity index (χ0) is 21.7. The van der Waals surface area contributed by atoms with E-state index in [1.165, 1.54) is 6.20 Å². The largest absolute Gasteiger partial charge is 0.497 e. The van der Waals surface area contributed by atoms with Crippen molar-refractivity contribution < 1.29 is 14.2 Å². The molecule has 3 aromatic rings. The number of pyridine rings is 1. The van der Waals surface area contributed by atoms with Crippen LogP contribution in [0.5, 0.6) is 23.0 Å². The van der Waals surface area contributed by atoms with E-state index in [0.717, 1.165) is 5.56 Å². The van der Waals surface area contributed by atoms with Crippen molar-refractivity contribution in [3.63, 3.8) is 0 Å². The van der Waals surface area contributed by atoms with Gasteiger partial charge >= 0.3 is 0 Å². The average molecular weight is 405 g/mol. The molecule has 8 heteroatoms. The van der Waals surface area contributed by atoms with Crippen LogP contribution < -0.4 is 25.7 Å². The second-order valence-corrected chi connectivity index (χ2v) is 6.66. The van der Waals surface area contributed by atoms with Gasteiger partial charge in [-0.05, 0) is 24.0 Å². The number of hydrogen-bond donors (Lipinski definition) is 2. The van der Waals surface area contributed by atoms with E-state index in [0.29, 0.717) is 34.3 Å². The molecule has 8 nitrogen and oxygen atoms in total. The van der Waals surface area contributed by atoms with Crippen LogP contribution in [0.4, 0.5) is 11.8 Å². The summed E-state index contributed by atoms with van der Waals surface area (Å²) in [6.07, 6.45) is 3.18. The standard InChI is InChI=1S/C22H23N5O3/c1-13(2)17-11-25-15(7-5-14-6-8-16(28-3)10-18(14)29-4)9-19(17)30-20-12-26-22(24)27-21(20)23/h6,8-13H,1-4H3,(H4,23,24,26,27). The molecule has 0 radical (unpaired) electrons. The molecule has 0 fully saturated rings. The molecule has 0 saturated heterocycles. The molecule has 30 heavy (non-hydrogen) atoms. The molecule has 0 aliphatic carbocycles. The van der Waals surface area contributed by atoms with E-state index in [1.54, 1.807) is 32.5 Å². The number of aromatic nitrogens is 3. The number of anilines is 2. The molecule has 0 aliphatic rings. The van der Waals surface area contributed by atoms with Crippen molar-refractivity contribution in [2.24, 2.45) is 0 Å². The highest BCUT2D eigenvalue weighted by molar-refractivity contribution is 5.54. The van der Waals surface area contributed by atoms with Gasteiger partial charge in [0, 0.05) is 23.9 Å². The molecule has 0 bridgehead atoms. The van der Waals surface area contributed by atoms with Gasteiger partial charge < -0.3 is 25.7 Å². The average Bonchev–Trinajstić information content (AvgIpc) is 2.74. The van der Waals surface area contributed by atoms with Crippen molar-refractivity contribution in [2.75, 3.05) is 25.7 Å². The zero-order valence-corrected chi connectivity index (χ0v) is 17.3. The summed E-state index contributed by atoms with van der Waals surface area (Å²) in [7, 11) is 3.18. The molecule has 1 aromatic carbocycles. The van der Waals surface area contributed by atoms with Crippen LogP contribution >= 0.6 is 0 Å². The Kier molecular flexibility index (Phi) is 6.23. The van der Waals surface area contributed by atoms with Crippen LogP contribution in [0.3, 0.4) is 0 Å². The van der Waals surface area contributed by atoms with E-state index >= 15 is 0 Å². The number of methoxy groups -OCH3 is 2. The first-order chi connectivity index (χ1) is 14.4. The Bertz CT molecular complexity index is 1120. The van der Waals surface area contributed by atoms with E-state index in [9.17, 15) is 0 Å². The van der Waals surface area contributed by atoms with Gasteiger partial charge in [0.05, 0.1) is 26.0 Å². The lowest BCUT2D eigenvalue weighted by Gasteiger charge is -2.14. The van der Waals surface area contributed by atoms with Crippen molar-refractivity contribution in [3.8, 4) is 34.8 Å². The van der Waals surface area contributed by atoms with Crippen LogP contribution in [0.15, 0.2) is 36.7 Å². The molecule has 0 spiro atoms. The van der Waals surface area contributed by atoms with Gasteiger partial charge in [0.15, 0.2) is 11.6 Å². The van der Waals surface area contributed by atoms with Gasteiger partial charge in [-0.3, -0.25) is 0 Å². The highest BCUT2D eigenvalue weighted by Gasteiger charge is 2.13. The summed E-state index contributed by atoms with van der Waals surface area (Å²) in [4.78, 5) is 12.3. The Labute approximate surface area is 175 Å². The van der Waals surface area contributed by atoms with E-state index in [4.69, 9.17) is 25.7 Å². The molecule has 2 heterocycles. The minimum absolute atomic E-state index is 0.0821. The Hall–Kier alpha value is -3.99. The summed E-state index contributed by atoms with van der Waals surface area (Å²) in [5.74, 6) is 8.73. The van der Waals surface area contributed by atoms with Crippen molar-refractivity contribution in [1.82, 2.24) is 15.0 Å². The number of nitrogen functional groups attached to an aromatic ring is 2. The SMILES string of the molecule is COc1ccc(C#Cc2cc(Oc3cnc(N)nc3N)c(C(C)C)cn2)c(OC)c1. The number of nitrogens with zero attached hydrogens (tertiary/aromatic N) is 3. The molecular weight excluding hydrogens is 382 g/mol. The maximum absolute atomic E-state index is 5.97. The lowest BCUT2D eigenvalue weighted by molar-refractivity contribution is 0.393. The lowest BCUT2D eigenvalue weighted by Crippen LogP contribution is -2.03. The number of hydrogen-bond acceptors (Lipinski definition) is 8. The molecule has 4 N–H and O–H groups in total. The molecule has 2 aromatic heterocycles. The molecule has 3 rings (SSSR count). The quantitative estimate of drug-likeness (QED) is 0.620. The van der Waals surface area contributed by atoms with Crippen LogP contribution in [-0.4, -0.2) is 29.2 Å². The number of ether oxygens (including phenoxy) is 3. The molecule has 0 aliphatic heterocycles. The predicted octanol–water partition coefficient (Wildman–Crippen LogP) is 3.37. The number of rotatable bonds is 5. The fourth-order valence-electron chi connectivity index (χ4n) is 2.67. The fourth-order valence-corrected chi connectivity index (χ4v) is 2.67. The molecular formula is C22H23N5O3. The van der Waals surface area contributed by atoms with Crippen molar-refractivity contribution >= 4 is 11.8 Å². The van der Waals surface area contributed by atoms with E-state index in [-0.39, 0.29) is 17.7 Å². The highest BCUT2D eigenvalue weighted by atomic mass is 16.5. The van der Waals surface area contributed by atoms with Crippen LogP contribution in [0.2, 0.25) is 0 Å². The Morgan fingerprint density at radius 2 is 1.70 bits per heavy atom. The summed E-state index contributed by atoms with van der Waals surface area (Å²) in [6.45, 7) is 4.08. The van der Waals surface area contributed by atoms with Gasteiger partial charge in [0.2, 0.25) is 5.95 Å². The first kappa shape index (κ1) is 20.7. The number of nitrogens with two attached hydrogens (primary N) is 2. The van der Waals surface area contributed by atoms with E-state index in [2.05, 4.69) is 26.8 Å². The van der Waals surface area contributed by atoms with Crippen LogP contribution in [0.1, 0.15) is 36.6 Å². The third-order valence-corrected chi connectivity index (χ3v) is 4.27. The second kappa shape index (κ2) is 9.01. The van der Waals surface area contributed by atoms with Crippen LogP contribution in [-0.2, 0) is 0 Å². The molecule has 154 valence electrons.